The van der Waals surface area contributed by atoms with Gasteiger partial charge in [-0.25, -0.2) is 0 Å². The molecule has 0 aromatic heterocycles. The van der Waals surface area contributed by atoms with Crippen LogP contribution in [0.2, 0.25) is 0 Å². The Kier molecular flexibility index (Phi) is 4.67. The second kappa shape index (κ2) is 5.58. The predicted molar refractivity (Wildman–Crippen MR) is 54.3 cm³/mol. The van der Waals surface area contributed by atoms with Crippen molar-refractivity contribution in [3.05, 3.63) is 0 Å². The summed E-state index contributed by atoms with van der Waals surface area (Å²) in [4.78, 5) is 0. The minimum Gasteiger partial charge on any atom is -0.314 e. The van der Waals surface area contributed by atoms with E-state index in [0.717, 1.165) is 12.0 Å². The van der Waals surface area contributed by atoms with Crippen molar-refractivity contribution in [3.63, 3.8) is 0 Å². The van der Waals surface area contributed by atoms with Crippen LogP contribution in [0.1, 0.15) is 52.4 Å². The molecule has 0 spiro atoms. The highest BCUT2D eigenvalue weighted by atomic mass is 14.9. The van der Waals surface area contributed by atoms with Crippen LogP contribution in [0.3, 0.4) is 0 Å². The zero-order chi connectivity index (χ0) is 8.81. The Morgan fingerprint density at radius 1 is 1.33 bits per heavy atom. The fourth-order valence-electron chi connectivity index (χ4n) is 1.52. The van der Waals surface area contributed by atoms with Crippen molar-refractivity contribution < 1.29 is 0 Å². The smallest absolute Gasteiger partial charge is 0.00682 e. The summed E-state index contributed by atoms with van der Waals surface area (Å²) in [6, 6.07) is 0.892. The lowest BCUT2D eigenvalue weighted by molar-refractivity contribution is 0.453. The second-order valence-electron chi connectivity index (χ2n) is 4.26. The number of unbranched alkanes of at least 4 members (excludes halogenated alkanes) is 1. The van der Waals surface area contributed by atoms with Crippen LogP contribution in [0.15, 0.2) is 0 Å². The summed E-state index contributed by atoms with van der Waals surface area (Å²) >= 11 is 0. The largest absolute Gasteiger partial charge is 0.314 e. The van der Waals surface area contributed by atoms with E-state index in [1.165, 1.54) is 45.1 Å². The molecule has 0 bridgehead atoms. The molecule has 1 aliphatic rings. The maximum Gasteiger partial charge on any atom is 0.00682 e. The maximum absolute atomic E-state index is 3.56. The number of nitrogens with one attached hydrogen (secondary N) is 1. The van der Waals surface area contributed by atoms with E-state index in [2.05, 4.69) is 19.2 Å². The molecule has 0 radical (unpaired) electrons. The Morgan fingerprint density at radius 2 is 2.08 bits per heavy atom. The Bertz CT molecular complexity index is 108. The molecule has 0 aliphatic heterocycles. The van der Waals surface area contributed by atoms with E-state index < -0.39 is 0 Å². The molecule has 1 nitrogen and oxygen atoms in total. The van der Waals surface area contributed by atoms with Crippen LogP contribution in [0.5, 0.6) is 0 Å². The molecule has 0 aromatic carbocycles. The Labute approximate surface area is 76.9 Å². The third-order valence-electron chi connectivity index (χ3n) is 2.70. The van der Waals surface area contributed by atoms with E-state index in [4.69, 9.17) is 0 Å². The quantitative estimate of drug-likeness (QED) is 0.618. The van der Waals surface area contributed by atoms with Crippen LogP contribution in [0, 0.1) is 5.92 Å². The normalized spacial score (nSPS) is 19.5. The summed E-state index contributed by atoms with van der Waals surface area (Å²) in [5.74, 6) is 0.927. The number of hydrogen-bond donors (Lipinski definition) is 1. The zero-order valence-corrected chi connectivity index (χ0v) is 8.60. The summed E-state index contributed by atoms with van der Waals surface area (Å²) in [5.41, 5.74) is 0. The van der Waals surface area contributed by atoms with Crippen LogP contribution in [-0.4, -0.2) is 12.6 Å². The van der Waals surface area contributed by atoms with Crippen LogP contribution in [0.4, 0.5) is 0 Å². The van der Waals surface area contributed by atoms with Crippen LogP contribution in [0.25, 0.3) is 0 Å². The minimum absolute atomic E-state index is 0.892. The van der Waals surface area contributed by atoms with Gasteiger partial charge in [0.1, 0.15) is 0 Å². The van der Waals surface area contributed by atoms with Crippen LogP contribution < -0.4 is 5.32 Å². The van der Waals surface area contributed by atoms with Gasteiger partial charge < -0.3 is 5.32 Å². The van der Waals surface area contributed by atoms with Crippen molar-refractivity contribution >= 4 is 0 Å². The molecule has 1 N–H and O–H groups in total. The highest BCUT2D eigenvalue weighted by Crippen LogP contribution is 2.19. The van der Waals surface area contributed by atoms with E-state index in [9.17, 15) is 0 Å². The van der Waals surface area contributed by atoms with E-state index in [1.54, 1.807) is 0 Å². The number of hydrogen-bond acceptors (Lipinski definition) is 1. The lowest BCUT2D eigenvalue weighted by Gasteiger charge is -2.10. The van der Waals surface area contributed by atoms with Gasteiger partial charge in [-0.2, -0.15) is 0 Å². The van der Waals surface area contributed by atoms with Crippen molar-refractivity contribution in [3.8, 4) is 0 Å². The predicted octanol–water partition coefficient (Wildman–Crippen LogP) is 2.95. The summed E-state index contributed by atoms with van der Waals surface area (Å²) in [7, 11) is 0. The highest BCUT2D eigenvalue weighted by molar-refractivity contribution is 4.80. The number of rotatable bonds is 7. The molecule has 1 atom stereocenters. The summed E-state index contributed by atoms with van der Waals surface area (Å²) < 4.78 is 0. The van der Waals surface area contributed by atoms with Gasteiger partial charge in [-0.3, -0.25) is 0 Å². The third kappa shape index (κ3) is 4.76. The molecule has 1 heteroatoms. The Morgan fingerprint density at radius 3 is 2.67 bits per heavy atom. The summed E-state index contributed by atoms with van der Waals surface area (Å²) in [5, 5.41) is 3.56. The fourth-order valence-corrected chi connectivity index (χ4v) is 1.52. The topological polar surface area (TPSA) is 12.0 Å². The standard InChI is InChI=1S/C11H23N/c1-3-4-5-10(2)8-9-12-11-6-7-11/h10-12H,3-9H2,1-2H3. The van der Waals surface area contributed by atoms with Crippen LogP contribution >= 0.6 is 0 Å². The van der Waals surface area contributed by atoms with Crippen molar-refractivity contribution in [2.75, 3.05) is 6.54 Å². The molecule has 1 aliphatic carbocycles. The highest BCUT2D eigenvalue weighted by Gasteiger charge is 2.19. The molecule has 1 unspecified atom stereocenters. The van der Waals surface area contributed by atoms with Gasteiger partial charge in [0, 0.05) is 6.04 Å². The lowest BCUT2D eigenvalue weighted by atomic mass is 10.0. The molecule has 0 amide bonds. The van der Waals surface area contributed by atoms with Gasteiger partial charge in [0.25, 0.3) is 0 Å². The summed E-state index contributed by atoms with van der Waals surface area (Å²) in [6.45, 7) is 5.90. The summed E-state index contributed by atoms with van der Waals surface area (Å²) in [6.07, 6.45) is 8.39. The Hall–Kier alpha value is -0.0400. The maximum atomic E-state index is 3.56. The van der Waals surface area contributed by atoms with Crippen molar-refractivity contribution in [1.29, 1.82) is 0 Å². The SMILES string of the molecule is CCCCC(C)CCNC1CC1. The van der Waals surface area contributed by atoms with Gasteiger partial charge >= 0.3 is 0 Å². The van der Waals surface area contributed by atoms with E-state index in [1.807, 2.05) is 0 Å². The monoisotopic (exact) mass is 169 g/mol. The first-order valence-corrected chi connectivity index (χ1v) is 5.56. The van der Waals surface area contributed by atoms with Gasteiger partial charge in [-0.1, -0.05) is 33.1 Å². The van der Waals surface area contributed by atoms with Gasteiger partial charge in [-0.15, -0.1) is 0 Å². The molecule has 0 saturated heterocycles. The van der Waals surface area contributed by atoms with Crippen molar-refractivity contribution in [2.45, 2.75) is 58.4 Å². The van der Waals surface area contributed by atoms with E-state index >= 15 is 0 Å². The molecule has 72 valence electrons. The molecule has 12 heavy (non-hydrogen) atoms. The average molecular weight is 169 g/mol. The second-order valence-corrected chi connectivity index (χ2v) is 4.26. The average Bonchev–Trinajstić information content (AvgIpc) is 2.84. The van der Waals surface area contributed by atoms with Crippen LogP contribution in [-0.2, 0) is 0 Å². The minimum atomic E-state index is 0.892. The first-order chi connectivity index (χ1) is 5.83. The molecular formula is C11H23N. The van der Waals surface area contributed by atoms with Gasteiger partial charge in [0.15, 0.2) is 0 Å². The molecule has 1 fully saturated rings. The van der Waals surface area contributed by atoms with Gasteiger partial charge in [0.2, 0.25) is 0 Å². The van der Waals surface area contributed by atoms with Gasteiger partial charge in [0.05, 0.1) is 0 Å². The first kappa shape index (κ1) is 10.0. The van der Waals surface area contributed by atoms with E-state index in [0.29, 0.717) is 0 Å². The third-order valence-corrected chi connectivity index (χ3v) is 2.70. The van der Waals surface area contributed by atoms with Crippen molar-refractivity contribution in [2.24, 2.45) is 5.92 Å². The first-order valence-electron chi connectivity index (χ1n) is 5.56. The molecule has 1 rings (SSSR count). The molecule has 0 heterocycles. The van der Waals surface area contributed by atoms with E-state index in [-0.39, 0.29) is 0 Å². The molecule has 0 aromatic rings. The van der Waals surface area contributed by atoms with Gasteiger partial charge in [-0.05, 0) is 31.7 Å². The molecule has 1 saturated carbocycles. The van der Waals surface area contributed by atoms with Crippen molar-refractivity contribution in [1.82, 2.24) is 5.32 Å². The fraction of sp³-hybridized carbons (Fsp3) is 1.00. The molecular weight excluding hydrogens is 146 g/mol. The Balaban J connectivity index is 1.83. The lowest BCUT2D eigenvalue weighted by Crippen LogP contribution is -2.19. The zero-order valence-electron chi connectivity index (χ0n) is 8.60.